The topological polar surface area (TPSA) is 60.9 Å². The zero-order valence-electron chi connectivity index (χ0n) is 7.29. The van der Waals surface area contributed by atoms with Crippen molar-refractivity contribution in [1.29, 1.82) is 0 Å². The van der Waals surface area contributed by atoms with E-state index in [2.05, 4.69) is 0 Å². The highest BCUT2D eigenvalue weighted by atomic mass is 79.9. The van der Waals surface area contributed by atoms with Crippen LogP contribution in [-0.4, -0.2) is 51.5 Å². The smallest absolute Gasteiger partial charge is 0.357 e. The quantitative estimate of drug-likeness (QED) is 0.548. The molecule has 1 fully saturated rings. The van der Waals surface area contributed by atoms with Gasteiger partial charge in [-0.15, -0.1) is 0 Å². The second-order valence-electron chi connectivity index (χ2n) is 2.88. The summed E-state index contributed by atoms with van der Waals surface area (Å²) in [6.45, 7) is 0. The number of aliphatic hydroxyl groups is 1. The first-order valence-electron chi connectivity index (χ1n) is 3.49. The molecule has 0 aromatic rings. The third-order valence-corrected chi connectivity index (χ3v) is 2.61. The van der Waals surface area contributed by atoms with E-state index in [1.165, 1.54) is 0 Å². The maximum absolute atomic E-state index is 12.9. The van der Waals surface area contributed by atoms with Crippen LogP contribution < -0.4 is 0 Å². The van der Waals surface area contributed by atoms with E-state index in [9.17, 15) is 23.5 Å². The minimum Gasteiger partial charge on any atom is -0.358 e. The zero-order valence-corrected chi connectivity index (χ0v) is 8.88. The number of nitrogens with zero attached hydrogens (tertiary/aromatic N) is 2. The van der Waals surface area contributed by atoms with Gasteiger partial charge in [0.05, 0.1) is 0 Å². The summed E-state index contributed by atoms with van der Waals surface area (Å²) >= 11 is 1.87. The van der Waals surface area contributed by atoms with E-state index in [0.717, 1.165) is 14.1 Å². The minimum atomic E-state index is -3.90. The molecule has 1 atom stereocenters. The average molecular weight is 273 g/mol. The molecule has 1 N–H and O–H groups in total. The molecule has 0 bridgehead atoms. The lowest BCUT2D eigenvalue weighted by molar-refractivity contribution is -0.187. The second kappa shape index (κ2) is 2.86. The van der Waals surface area contributed by atoms with Crippen molar-refractivity contribution in [2.75, 3.05) is 14.1 Å². The molecule has 0 radical (unpaired) electrons. The lowest BCUT2D eigenvalue weighted by Gasteiger charge is -2.30. The standard InChI is InChI=1S/C6H7BrF2N2O3/c1-10-3(12)5(14,6(7,8)9)11(2)4(10)13/h14H,1-2H3. The van der Waals surface area contributed by atoms with Crippen LogP contribution in [0.5, 0.6) is 0 Å². The highest BCUT2D eigenvalue weighted by Crippen LogP contribution is 2.41. The number of rotatable bonds is 1. The molecule has 8 heteroatoms. The van der Waals surface area contributed by atoms with Crippen LogP contribution in [0.4, 0.5) is 13.6 Å². The molecule has 3 amide bonds. The Bertz CT molecular complexity index is 306. The van der Waals surface area contributed by atoms with Gasteiger partial charge in [-0.3, -0.25) is 14.6 Å². The SMILES string of the molecule is CN1C(=O)N(C)C(O)(C(F)(F)Br)C1=O. The van der Waals surface area contributed by atoms with E-state index < -0.39 is 22.5 Å². The Kier molecular flexibility index (Phi) is 2.31. The molecule has 14 heavy (non-hydrogen) atoms. The molecule has 0 saturated carbocycles. The predicted molar refractivity (Wildman–Crippen MR) is 44.8 cm³/mol. The van der Waals surface area contributed by atoms with Crippen molar-refractivity contribution < 1.29 is 23.5 Å². The number of amides is 3. The lowest BCUT2D eigenvalue weighted by Crippen LogP contribution is -2.58. The first kappa shape index (κ1) is 11.3. The van der Waals surface area contributed by atoms with E-state index in [-0.39, 0.29) is 4.90 Å². The Hall–Kier alpha value is -0.760. The second-order valence-corrected chi connectivity index (χ2v) is 3.87. The molecular formula is C6H7BrF2N2O3. The van der Waals surface area contributed by atoms with Gasteiger partial charge in [-0.1, -0.05) is 0 Å². The molecule has 0 spiro atoms. The van der Waals surface area contributed by atoms with Gasteiger partial charge in [0.1, 0.15) is 0 Å². The molecule has 1 unspecified atom stereocenters. The summed E-state index contributed by atoms with van der Waals surface area (Å²) in [5.41, 5.74) is -3.15. The van der Waals surface area contributed by atoms with Crippen LogP contribution in [0.15, 0.2) is 0 Å². The van der Waals surface area contributed by atoms with Crippen LogP contribution in [0.2, 0.25) is 0 Å². The molecule has 1 rings (SSSR count). The molecule has 0 aliphatic carbocycles. The molecule has 80 valence electrons. The van der Waals surface area contributed by atoms with Crippen molar-refractivity contribution in [3.63, 3.8) is 0 Å². The van der Waals surface area contributed by atoms with Crippen molar-refractivity contribution in [3.05, 3.63) is 0 Å². The molecule has 1 aliphatic rings. The number of carbonyl (C=O) groups is 2. The molecule has 1 heterocycles. The van der Waals surface area contributed by atoms with Crippen molar-refractivity contribution in [2.24, 2.45) is 0 Å². The fourth-order valence-electron chi connectivity index (χ4n) is 1.14. The van der Waals surface area contributed by atoms with Crippen LogP contribution >= 0.6 is 15.9 Å². The fraction of sp³-hybridized carbons (Fsp3) is 0.667. The Balaban J connectivity index is 3.25. The van der Waals surface area contributed by atoms with Gasteiger partial charge in [0.15, 0.2) is 0 Å². The Morgan fingerprint density at radius 2 is 1.86 bits per heavy atom. The van der Waals surface area contributed by atoms with E-state index in [1.807, 2.05) is 15.9 Å². The molecular weight excluding hydrogens is 266 g/mol. The number of alkyl halides is 3. The monoisotopic (exact) mass is 272 g/mol. The third-order valence-electron chi connectivity index (χ3n) is 2.06. The first-order valence-corrected chi connectivity index (χ1v) is 4.28. The Labute approximate surface area is 86.4 Å². The van der Waals surface area contributed by atoms with Gasteiger partial charge >= 0.3 is 10.9 Å². The number of imide groups is 1. The number of urea groups is 1. The average Bonchev–Trinajstić information content (AvgIpc) is 2.21. The largest absolute Gasteiger partial charge is 0.358 e. The molecule has 0 aromatic carbocycles. The summed E-state index contributed by atoms with van der Waals surface area (Å²) in [6.07, 6.45) is 0. The normalized spacial score (nSPS) is 29.0. The first-order chi connectivity index (χ1) is 6.14. The van der Waals surface area contributed by atoms with Gasteiger partial charge in [0.2, 0.25) is 0 Å². The van der Waals surface area contributed by atoms with Gasteiger partial charge in [-0.25, -0.2) is 4.79 Å². The number of likely N-dealkylation sites (N-methyl/N-ethyl adjacent to an activating group) is 2. The molecule has 0 aromatic heterocycles. The van der Waals surface area contributed by atoms with Crippen LogP contribution in [0.1, 0.15) is 0 Å². The molecule has 1 aliphatic heterocycles. The van der Waals surface area contributed by atoms with Crippen molar-refractivity contribution >= 4 is 27.9 Å². The van der Waals surface area contributed by atoms with E-state index in [0.29, 0.717) is 4.90 Å². The highest BCUT2D eigenvalue weighted by Gasteiger charge is 2.67. The van der Waals surface area contributed by atoms with Gasteiger partial charge in [-0.05, 0) is 15.9 Å². The summed E-state index contributed by atoms with van der Waals surface area (Å²) in [4.78, 5) is 19.1. The molecule has 5 nitrogen and oxygen atoms in total. The fourth-order valence-corrected chi connectivity index (χ4v) is 1.57. The number of carbonyl (C=O) groups excluding carboxylic acids is 2. The van der Waals surface area contributed by atoms with Gasteiger partial charge in [0.25, 0.3) is 11.6 Å². The lowest BCUT2D eigenvalue weighted by atomic mass is 10.2. The zero-order chi connectivity index (χ0) is 11.3. The predicted octanol–water partition coefficient (Wildman–Crippen LogP) is 0.186. The summed E-state index contributed by atoms with van der Waals surface area (Å²) in [5.74, 6) is -1.37. The number of hydrogen-bond donors (Lipinski definition) is 1. The third kappa shape index (κ3) is 1.13. The highest BCUT2D eigenvalue weighted by molar-refractivity contribution is 9.10. The van der Waals surface area contributed by atoms with Crippen LogP contribution in [0.25, 0.3) is 0 Å². The van der Waals surface area contributed by atoms with Crippen LogP contribution in [0, 0.1) is 0 Å². The van der Waals surface area contributed by atoms with Gasteiger partial charge < -0.3 is 5.11 Å². The van der Waals surface area contributed by atoms with Crippen LogP contribution in [0.3, 0.4) is 0 Å². The number of halogens is 3. The minimum absolute atomic E-state index is 0.282. The van der Waals surface area contributed by atoms with E-state index in [1.54, 1.807) is 0 Å². The van der Waals surface area contributed by atoms with Crippen molar-refractivity contribution in [1.82, 2.24) is 9.80 Å². The van der Waals surface area contributed by atoms with Gasteiger partial charge in [0, 0.05) is 14.1 Å². The summed E-state index contributed by atoms with van der Waals surface area (Å²) in [6, 6.07) is -0.989. The number of hydrogen-bond acceptors (Lipinski definition) is 3. The maximum Gasteiger partial charge on any atom is 0.357 e. The van der Waals surface area contributed by atoms with Gasteiger partial charge in [-0.2, -0.15) is 8.78 Å². The van der Waals surface area contributed by atoms with Crippen molar-refractivity contribution in [2.45, 2.75) is 10.6 Å². The van der Waals surface area contributed by atoms with Crippen LogP contribution in [-0.2, 0) is 4.79 Å². The maximum atomic E-state index is 12.9. The van der Waals surface area contributed by atoms with E-state index >= 15 is 0 Å². The summed E-state index contributed by atoms with van der Waals surface area (Å²) in [7, 11) is 1.93. The van der Waals surface area contributed by atoms with E-state index in [4.69, 9.17) is 0 Å². The Morgan fingerprint density at radius 1 is 1.43 bits per heavy atom. The Morgan fingerprint density at radius 3 is 2.00 bits per heavy atom. The summed E-state index contributed by atoms with van der Waals surface area (Å²) in [5, 5.41) is 9.42. The van der Waals surface area contributed by atoms with Crippen molar-refractivity contribution in [3.8, 4) is 0 Å². The molecule has 1 saturated heterocycles. The summed E-state index contributed by atoms with van der Waals surface area (Å²) < 4.78 is 25.8.